The lowest BCUT2D eigenvalue weighted by Crippen LogP contribution is -2.31. The van der Waals surface area contributed by atoms with Crippen molar-refractivity contribution in [2.75, 3.05) is 6.61 Å². The Bertz CT molecular complexity index is 795. The summed E-state index contributed by atoms with van der Waals surface area (Å²) in [6, 6.07) is 14.4. The number of ether oxygens (including phenoxy) is 2. The molecule has 0 spiro atoms. The van der Waals surface area contributed by atoms with E-state index in [9.17, 15) is 9.90 Å². The molecule has 1 aromatic heterocycles. The molecular formula is C18H17NO4S. The highest BCUT2D eigenvalue weighted by Crippen LogP contribution is 2.28. The van der Waals surface area contributed by atoms with Crippen LogP contribution >= 0.6 is 11.3 Å². The zero-order valence-electron chi connectivity index (χ0n) is 13.1. The van der Waals surface area contributed by atoms with Gasteiger partial charge in [-0.25, -0.2) is 9.78 Å². The molecule has 0 aliphatic rings. The SMILES string of the molecule is CCOC(=O)C(Cc1ccc(O)cc1)Oc1nc2ccccc2s1. The number of phenols is 1. The molecule has 6 heteroatoms. The van der Waals surface area contributed by atoms with Crippen molar-refractivity contribution < 1.29 is 19.4 Å². The fraction of sp³-hybridized carbons (Fsp3) is 0.222. The van der Waals surface area contributed by atoms with Gasteiger partial charge < -0.3 is 14.6 Å². The molecule has 1 unspecified atom stereocenters. The quantitative estimate of drug-likeness (QED) is 0.693. The van der Waals surface area contributed by atoms with Crippen LogP contribution in [-0.2, 0) is 16.0 Å². The van der Waals surface area contributed by atoms with E-state index in [0.717, 1.165) is 15.8 Å². The average Bonchev–Trinajstić information content (AvgIpc) is 2.99. The third-order valence-corrected chi connectivity index (χ3v) is 4.35. The van der Waals surface area contributed by atoms with Gasteiger partial charge in [-0.1, -0.05) is 35.6 Å². The minimum absolute atomic E-state index is 0.179. The minimum Gasteiger partial charge on any atom is -0.508 e. The van der Waals surface area contributed by atoms with Crippen LogP contribution in [0.5, 0.6) is 10.9 Å². The number of carbonyl (C=O) groups is 1. The smallest absolute Gasteiger partial charge is 0.347 e. The van der Waals surface area contributed by atoms with Crippen molar-refractivity contribution in [1.29, 1.82) is 0 Å². The standard InChI is InChI=1S/C18H17NO4S/c1-2-22-17(21)15(11-12-7-9-13(20)10-8-12)23-18-19-14-5-3-4-6-16(14)24-18/h3-10,15,20H,2,11H2,1H3. The van der Waals surface area contributed by atoms with Crippen LogP contribution in [0.15, 0.2) is 48.5 Å². The molecule has 1 N–H and O–H groups in total. The van der Waals surface area contributed by atoms with Crippen LogP contribution in [0.2, 0.25) is 0 Å². The number of benzene rings is 2. The highest BCUT2D eigenvalue weighted by Gasteiger charge is 2.24. The van der Waals surface area contributed by atoms with Gasteiger partial charge in [-0.3, -0.25) is 0 Å². The van der Waals surface area contributed by atoms with Crippen LogP contribution in [0.3, 0.4) is 0 Å². The summed E-state index contributed by atoms with van der Waals surface area (Å²) in [5, 5.41) is 9.81. The predicted octanol–water partition coefficient (Wildman–Crippen LogP) is 3.56. The summed E-state index contributed by atoms with van der Waals surface area (Å²) in [5.74, 6) is -0.247. The number of rotatable bonds is 6. The molecule has 0 radical (unpaired) electrons. The maximum absolute atomic E-state index is 12.2. The van der Waals surface area contributed by atoms with Gasteiger partial charge in [0.15, 0.2) is 0 Å². The first-order valence-electron chi connectivity index (χ1n) is 7.62. The summed E-state index contributed by atoms with van der Waals surface area (Å²) in [6.07, 6.45) is -0.440. The van der Waals surface area contributed by atoms with Crippen LogP contribution in [0.1, 0.15) is 12.5 Å². The molecular weight excluding hydrogens is 326 g/mol. The highest BCUT2D eigenvalue weighted by atomic mass is 32.1. The van der Waals surface area contributed by atoms with Crippen molar-refractivity contribution in [3.8, 4) is 10.9 Å². The Kier molecular flexibility index (Phi) is 4.96. The third kappa shape index (κ3) is 3.83. The van der Waals surface area contributed by atoms with Gasteiger partial charge in [-0.2, -0.15) is 0 Å². The molecule has 0 aliphatic carbocycles. The summed E-state index contributed by atoms with van der Waals surface area (Å²) in [7, 11) is 0. The lowest BCUT2D eigenvalue weighted by atomic mass is 10.1. The van der Waals surface area contributed by atoms with Gasteiger partial charge in [0.25, 0.3) is 5.19 Å². The van der Waals surface area contributed by atoms with Crippen LogP contribution in [0.4, 0.5) is 0 Å². The number of carbonyl (C=O) groups excluding carboxylic acids is 1. The Balaban J connectivity index is 1.81. The maximum Gasteiger partial charge on any atom is 0.347 e. The topological polar surface area (TPSA) is 68.7 Å². The average molecular weight is 343 g/mol. The monoisotopic (exact) mass is 343 g/mol. The molecule has 1 atom stereocenters. The largest absolute Gasteiger partial charge is 0.508 e. The predicted molar refractivity (Wildman–Crippen MR) is 92.5 cm³/mol. The van der Waals surface area contributed by atoms with E-state index in [-0.39, 0.29) is 12.4 Å². The molecule has 24 heavy (non-hydrogen) atoms. The number of phenolic OH excluding ortho intramolecular Hbond substituents is 1. The van der Waals surface area contributed by atoms with Gasteiger partial charge in [0, 0.05) is 6.42 Å². The van der Waals surface area contributed by atoms with Crippen molar-refractivity contribution >= 4 is 27.5 Å². The van der Waals surface area contributed by atoms with Crippen molar-refractivity contribution in [2.45, 2.75) is 19.4 Å². The van der Waals surface area contributed by atoms with Gasteiger partial charge in [-0.05, 0) is 36.8 Å². The number of thiazole rings is 1. The van der Waals surface area contributed by atoms with Crippen molar-refractivity contribution in [2.24, 2.45) is 0 Å². The van der Waals surface area contributed by atoms with E-state index in [2.05, 4.69) is 4.98 Å². The van der Waals surface area contributed by atoms with Crippen molar-refractivity contribution in [1.82, 2.24) is 4.98 Å². The summed E-state index contributed by atoms with van der Waals surface area (Å²) < 4.78 is 11.9. The minimum atomic E-state index is -0.782. The molecule has 1 heterocycles. The lowest BCUT2D eigenvalue weighted by molar-refractivity contribution is -0.151. The zero-order valence-corrected chi connectivity index (χ0v) is 14.0. The molecule has 0 saturated heterocycles. The van der Waals surface area contributed by atoms with Crippen molar-refractivity contribution in [3.63, 3.8) is 0 Å². The molecule has 2 aromatic carbocycles. The van der Waals surface area contributed by atoms with Gasteiger partial charge in [-0.15, -0.1) is 0 Å². The van der Waals surface area contributed by atoms with E-state index in [1.807, 2.05) is 24.3 Å². The van der Waals surface area contributed by atoms with Gasteiger partial charge in [0.2, 0.25) is 6.10 Å². The Morgan fingerprint density at radius 2 is 1.96 bits per heavy atom. The second-order valence-corrected chi connectivity index (χ2v) is 6.17. The van der Waals surface area contributed by atoms with Crippen molar-refractivity contribution in [3.05, 3.63) is 54.1 Å². The number of aromatic hydroxyl groups is 1. The Morgan fingerprint density at radius 3 is 2.67 bits per heavy atom. The highest BCUT2D eigenvalue weighted by molar-refractivity contribution is 7.20. The molecule has 0 aliphatic heterocycles. The molecule has 3 aromatic rings. The Morgan fingerprint density at radius 1 is 1.21 bits per heavy atom. The molecule has 5 nitrogen and oxygen atoms in total. The number of aromatic nitrogens is 1. The number of hydrogen-bond donors (Lipinski definition) is 1. The second kappa shape index (κ2) is 7.31. The maximum atomic E-state index is 12.2. The summed E-state index contributed by atoms with van der Waals surface area (Å²) in [4.78, 5) is 16.6. The van der Waals surface area contributed by atoms with E-state index in [4.69, 9.17) is 9.47 Å². The fourth-order valence-electron chi connectivity index (χ4n) is 2.28. The molecule has 0 fully saturated rings. The van der Waals surface area contributed by atoms with Crippen LogP contribution in [-0.4, -0.2) is 28.8 Å². The van der Waals surface area contributed by atoms with E-state index < -0.39 is 12.1 Å². The normalized spacial score (nSPS) is 12.0. The zero-order chi connectivity index (χ0) is 16.9. The first-order valence-corrected chi connectivity index (χ1v) is 8.44. The van der Waals surface area contributed by atoms with Crippen LogP contribution in [0.25, 0.3) is 10.2 Å². The Labute approximate surface area is 143 Å². The van der Waals surface area contributed by atoms with E-state index in [1.54, 1.807) is 31.2 Å². The van der Waals surface area contributed by atoms with E-state index in [1.165, 1.54) is 11.3 Å². The summed E-state index contributed by atoms with van der Waals surface area (Å²) in [6.45, 7) is 2.04. The Hall–Kier alpha value is -2.60. The molecule has 0 amide bonds. The van der Waals surface area contributed by atoms with E-state index in [0.29, 0.717) is 11.6 Å². The first-order chi connectivity index (χ1) is 11.7. The molecule has 124 valence electrons. The number of fused-ring (bicyclic) bond motifs is 1. The van der Waals surface area contributed by atoms with Crippen LogP contribution in [0, 0.1) is 0 Å². The van der Waals surface area contributed by atoms with Gasteiger partial charge >= 0.3 is 5.97 Å². The number of hydrogen-bond acceptors (Lipinski definition) is 6. The second-order valence-electron chi connectivity index (χ2n) is 5.18. The summed E-state index contributed by atoms with van der Waals surface area (Å²) in [5.41, 5.74) is 1.71. The fourth-order valence-corrected chi connectivity index (χ4v) is 3.14. The van der Waals surface area contributed by atoms with E-state index >= 15 is 0 Å². The number of nitrogens with zero attached hydrogens (tertiary/aromatic N) is 1. The van der Waals surface area contributed by atoms with Gasteiger partial charge in [0.1, 0.15) is 5.75 Å². The lowest BCUT2D eigenvalue weighted by Gasteiger charge is -2.16. The molecule has 3 rings (SSSR count). The van der Waals surface area contributed by atoms with Crippen LogP contribution < -0.4 is 4.74 Å². The number of para-hydroxylation sites is 1. The first kappa shape index (κ1) is 16.3. The summed E-state index contributed by atoms with van der Waals surface area (Å²) >= 11 is 1.39. The van der Waals surface area contributed by atoms with Gasteiger partial charge in [0.05, 0.1) is 16.8 Å². The molecule has 0 saturated carbocycles. The third-order valence-electron chi connectivity index (χ3n) is 3.42. The molecule has 0 bridgehead atoms. The number of esters is 1.